The minimum absolute atomic E-state index is 0.000378. The van der Waals surface area contributed by atoms with Gasteiger partial charge in [0.1, 0.15) is 28.5 Å². The Bertz CT molecular complexity index is 778. The standard InChI is InChI=1S/C18H17F2NO3S/c1-23-14-6-11(7-15(8-14)24-2)18-21(17(22)10-25-18)9-12-5-13(19)3-4-16(12)20/h3-8,18H,9-10H2,1-2H3. The Labute approximate surface area is 148 Å². The largest absolute Gasteiger partial charge is 0.497 e. The van der Waals surface area contributed by atoms with E-state index < -0.39 is 11.6 Å². The number of carbonyl (C=O) groups is 1. The van der Waals surface area contributed by atoms with E-state index in [1.54, 1.807) is 20.3 Å². The van der Waals surface area contributed by atoms with Crippen molar-refractivity contribution in [3.05, 3.63) is 59.2 Å². The maximum atomic E-state index is 14.0. The molecule has 0 N–H and O–H groups in total. The molecule has 1 unspecified atom stereocenters. The summed E-state index contributed by atoms with van der Waals surface area (Å²) in [5, 5.41) is -0.320. The molecule has 0 saturated carbocycles. The zero-order valence-electron chi connectivity index (χ0n) is 13.8. The molecule has 7 heteroatoms. The first-order chi connectivity index (χ1) is 12.0. The number of amides is 1. The van der Waals surface area contributed by atoms with Gasteiger partial charge in [0.2, 0.25) is 5.91 Å². The van der Waals surface area contributed by atoms with Gasteiger partial charge in [-0.25, -0.2) is 8.78 Å². The summed E-state index contributed by atoms with van der Waals surface area (Å²) in [4.78, 5) is 13.8. The highest BCUT2D eigenvalue weighted by Gasteiger charge is 2.34. The molecule has 1 atom stereocenters. The fourth-order valence-electron chi connectivity index (χ4n) is 2.72. The van der Waals surface area contributed by atoms with Crippen LogP contribution in [0.4, 0.5) is 8.78 Å². The van der Waals surface area contributed by atoms with Crippen LogP contribution in [0.1, 0.15) is 16.5 Å². The van der Waals surface area contributed by atoms with Crippen LogP contribution in [0.25, 0.3) is 0 Å². The molecule has 1 fully saturated rings. The predicted octanol–water partition coefficient (Wildman–Crippen LogP) is 3.76. The molecule has 0 radical (unpaired) electrons. The number of hydrogen-bond acceptors (Lipinski definition) is 4. The second-order valence-electron chi connectivity index (χ2n) is 5.57. The van der Waals surface area contributed by atoms with Crippen LogP contribution in [0, 0.1) is 11.6 Å². The highest BCUT2D eigenvalue weighted by Crippen LogP contribution is 2.42. The first-order valence-corrected chi connectivity index (χ1v) is 8.64. The van der Waals surface area contributed by atoms with Crippen molar-refractivity contribution >= 4 is 17.7 Å². The molecule has 0 bridgehead atoms. The van der Waals surface area contributed by atoms with Gasteiger partial charge in [0.05, 0.1) is 26.5 Å². The van der Waals surface area contributed by atoms with Crippen molar-refractivity contribution in [3.8, 4) is 11.5 Å². The number of halogens is 2. The van der Waals surface area contributed by atoms with Crippen molar-refractivity contribution in [2.75, 3.05) is 20.0 Å². The van der Waals surface area contributed by atoms with E-state index >= 15 is 0 Å². The van der Waals surface area contributed by atoms with Gasteiger partial charge in [-0.05, 0) is 35.9 Å². The van der Waals surface area contributed by atoms with Crippen molar-refractivity contribution < 1.29 is 23.0 Å². The monoisotopic (exact) mass is 365 g/mol. The van der Waals surface area contributed by atoms with Gasteiger partial charge in [-0.15, -0.1) is 11.8 Å². The molecule has 2 aromatic rings. The number of methoxy groups -OCH3 is 2. The summed E-state index contributed by atoms with van der Waals surface area (Å²) in [5.74, 6) is 0.294. The number of nitrogens with zero attached hydrogens (tertiary/aromatic N) is 1. The molecule has 1 aliphatic rings. The maximum absolute atomic E-state index is 14.0. The summed E-state index contributed by atoms with van der Waals surface area (Å²) in [7, 11) is 3.09. The molecule has 1 saturated heterocycles. The van der Waals surface area contributed by atoms with Crippen LogP contribution < -0.4 is 9.47 Å². The van der Waals surface area contributed by atoms with E-state index in [-0.39, 0.29) is 29.1 Å². The van der Waals surface area contributed by atoms with E-state index in [9.17, 15) is 13.6 Å². The van der Waals surface area contributed by atoms with Crippen LogP contribution in [-0.2, 0) is 11.3 Å². The lowest BCUT2D eigenvalue weighted by atomic mass is 10.1. The van der Waals surface area contributed by atoms with Crippen LogP contribution in [0.3, 0.4) is 0 Å². The summed E-state index contributed by atoms with van der Waals surface area (Å²) >= 11 is 1.43. The normalized spacial score (nSPS) is 17.0. The lowest BCUT2D eigenvalue weighted by molar-refractivity contribution is -0.128. The second kappa shape index (κ2) is 7.31. The molecule has 2 aromatic carbocycles. The number of benzene rings is 2. The first kappa shape index (κ1) is 17.5. The van der Waals surface area contributed by atoms with Crippen LogP contribution in [0.5, 0.6) is 11.5 Å². The highest BCUT2D eigenvalue weighted by molar-refractivity contribution is 8.00. The summed E-state index contributed by atoms with van der Waals surface area (Å²) in [5.41, 5.74) is 0.958. The van der Waals surface area contributed by atoms with E-state index in [0.717, 1.165) is 23.8 Å². The van der Waals surface area contributed by atoms with Crippen LogP contribution in [0.2, 0.25) is 0 Å². The van der Waals surface area contributed by atoms with Gasteiger partial charge in [-0.1, -0.05) is 0 Å². The smallest absolute Gasteiger partial charge is 0.234 e. The van der Waals surface area contributed by atoms with Gasteiger partial charge in [0.15, 0.2) is 0 Å². The lowest BCUT2D eigenvalue weighted by Crippen LogP contribution is -2.28. The second-order valence-corrected chi connectivity index (χ2v) is 6.64. The third-order valence-corrected chi connectivity index (χ3v) is 5.23. The maximum Gasteiger partial charge on any atom is 0.234 e. The van der Waals surface area contributed by atoms with E-state index in [1.807, 2.05) is 12.1 Å². The highest BCUT2D eigenvalue weighted by atomic mass is 32.2. The molecule has 132 valence electrons. The van der Waals surface area contributed by atoms with Crippen molar-refractivity contribution in [2.24, 2.45) is 0 Å². The Morgan fingerprint density at radius 3 is 2.44 bits per heavy atom. The molecule has 0 aromatic heterocycles. The van der Waals surface area contributed by atoms with Crippen molar-refractivity contribution in [2.45, 2.75) is 11.9 Å². The van der Waals surface area contributed by atoms with Crippen LogP contribution in [-0.4, -0.2) is 30.8 Å². The molecule has 0 aliphatic carbocycles. The van der Waals surface area contributed by atoms with Crippen molar-refractivity contribution in [3.63, 3.8) is 0 Å². The number of ether oxygens (including phenoxy) is 2. The van der Waals surface area contributed by atoms with Gasteiger partial charge in [-0.3, -0.25) is 4.79 Å². The molecule has 4 nitrogen and oxygen atoms in total. The molecule has 3 rings (SSSR count). The van der Waals surface area contributed by atoms with Gasteiger partial charge in [0.25, 0.3) is 0 Å². The Morgan fingerprint density at radius 1 is 1.12 bits per heavy atom. The summed E-state index contributed by atoms with van der Waals surface area (Å²) in [6.45, 7) is -0.000378. The Morgan fingerprint density at radius 2 is 1.80 bits per heavy atom. The predicted molar refractivity (Wildman–Crippen MR) is 91.7 cm³/mol. The van der Waals surface area contributed by atoms with E-state index in [2.05, 4.69) is 0 Å². The van der Waals surface area contributed by atoms with Crippen molar-refractivity contribution in [1.29, 1.82) is 0 Å². The lowest BCUT2D eigenvalue weighted by Gasteiger charge is -2.25. The summed E-state index contributed by atoms with van der Waals surface area (Å²) in [6, 6.07) is 8.61. The fourth-order valence-corrected chi connectivity index (χ4v) is 3.89. The number of carbonyl (C=O) groups excluding carboxylic acids is 1. The molecule has 0 spiro atoms. The first-order valence-electron chi connectivity index (χ1n) is 7.60. The SMILES string of the molecule is COc1cc(OC)cc(C2SCC(=O)N2Cc2cc(F)ccc2F)c1. The number of thioether (sulfide) groups is 1. The zero-order valence-corrected chi connectivity index (χ0v) is 14.6. The summed E-state index contributed by atoms with van der Waals surface area (Å²) < 4.78 is 37.9. The topological polar surface area (TPSA) is 38.8 Å². The van der Waals surface area contributed by atoms with E-state index in [4.69, 9.17) is 9.47 Å². The third kappa shape index (κ3) is 3.71. The van der Waals surface area contributed by atoms with Crippen LogP contribution in [0.15, 0.2) is 36.4 Å². The van der Waals surface area contributed by atoms with Gasteiger partial charge in [-0.2, -0.15) is 0 Å². The molecule has 1 heterocycles. The fraction of sp³-hybridized carbons (Fsp3) is 0.278. The Balaban J connectivity index is 1.93. The number of rotatable bonds is 5. The van der Waals surface area contributed by atoms with E-state index in [1.165, 1.54) is 16.7 Å². The molecule has 1 aliphatic heterocycles. The summed E-state index contributed by atoms with van der Waals surface area (Å²) in [6.07, 6.45) is 0. The molecule has 25 heavy (non-hydrogen) atoms. The van der Waals surface area contributed by atoms with Gasteiger partial charge in [0, 0.05) is 11.6 Å². The van der Waals surface area contributed by atoms with Crippen molar-refractivity contribution in [1.82, 2.24) is 4.90 Å². The minimum Gasteiger partial charge on any atom is -0.497 e. The number of hydrogen-bond donors (Lipinski definition) is 0. The van der Waals surface area contributed by atoms with E-state index in [0.29, 0.717) is 11.5 Å². The Hall–Kier alpha value is -2.28. The minimum atomic E-state index is -0.534. The third-order valence-electron chi connectivity index (χ3n) is 3.98. The van der Waals surface area contributed by atoms with Gasteiger partial charge >= 0.3 is 0 Å². The van der Waals surface area contributed by atoms with Gasteiger partial charge < -0.3 is 14.4 Å². The quantitative estimate of drug-likeness (QED) is 0.809. The Kier molecular flexibility index (Phi) is 5.13. The molecular weight excluding hydrogens is 348 g/mol. The average Bonchev–Trinajstić information content (AvgIpc) is 2.98. The molecular formula is C18H17F2NO3S. The average molecular weight is 365 g/mol. The van der Waals surface area contributed by atoms with Crippen LogP contribution >= 0.6 is 11.8 Å². The zero-order chi connectivity index (χ0) is 18.0. The molecule has 1 amide bonds.